The summed E-state index contributed by atoms with van der Waals surface area (Å²) in [4.78, 5) is 26.9. The molecule has 2 aromatic heterocycles. The summed E-state index contributed by atoms with van der Waals surface area (Å²) >= 11 is 0. The predicted molar refractivity (Wildman–Crippen MR) is 258 cm³/mol. The Kier molecular flexibility index (Phi) is 16.4. The molecule has 17 heteroatoms. The molecule has 1 aliphatic rings. The molecule has 1 fully saturated rings. The van der Waals surface area contributed by atoms with Crippen molar-refractivity contribution in [3.8, 4) is 17.6 Å². The summed E-state index contributed by atoms with van der Waals surface area (Å²) in [6.45, 7) is 23.1. The summed E-state index contributed by atoms with van der Waals surface area (Å²) in [6.07, 6.45) is -0.731. The first-order valence-electron chi connectivity index (χ1n) is 22.5. The van der Waals surface area contributed by atoms with Crippen molar-refractivity contribution >= 4 is 39.7 Å². The van der Waals surface area contributed by atoms with E-state index in [4.69, 9.17) is 42.4 Å². The van der Waals surface area contributed by atoms with Crippen molar-refractivity contribution in [2.75, 3.05) is 26.1 Å². The molecule has 1 unspecified atom stereocenters. The molecule has 1 aliphatic heterocycles. The molecule has 1 amide bonds. The van der Waals surface area contributed by atoms with Gasteiger partial charge in [0.15, 0.2) is 37.8 Å². The van der Waals surface area contributed by atoms with Gasteiger partial charge in [0.05, 0.1) is 39.6 Å². The summed E-state index contributed by atoms with van der Waals surface area (Å²) in [6, 6.07) is 28.0. The zero-order chi connectivity index (χ0) is 48.0. The average molecular weight is 940 g/mol. The Labute approximate surface area is 392 Å². The minimum absolute atomic E-state index is 0.00943. The summed E-state index contributed by atoms with van der Waals surface area (Å²) in [7, 11) is -1.31. The third-order valence-corrected chi connectivity index (χ3v) is 18.7. The van der Waals surface area contributed by atoms with Crippen molar-refractivity contribution in [1.82, 2.24) is 24.2 Å². The van der Waals surface area contributed by atoms with Crippen molar-refractivity contribution in [1.29, 1.82) is 5.26 Å². The number of aromatic nitrogens is 4. The molecule has 1 saturated heterocycles. The lowest BCUT2D eigenvalue weighted by molar-refractivity contribution is -0.165. The zero-order valence-corrected chi connectivity index (χ0v) is 42.4. The maximum absolute atomic E-state index is 13.0. The first-order valence-corrected chi connectivity index (χ1v) is 26.5. The second kappa shape index (κ2) is 21.4. The van der Waals surface area contributed by atoms with Gasteiger partial charge in [-0.15, -0.1) is 0 Å². The molecule has 15 nitrogen and oxygen atoms in total. The molecule has 0 bridgehead atoms. The second-order valence-corrected chi connectivity index (χ2v) is 24.8. The molecule has 0 saturated carbocycles. The Balaban J connectivity index is 1.65. The molecule has 0 aliphatic carbocycles. The first-order chi connectivity index (χ1) is 31.4. The van der Waals surface area contributed by atoms with Gasteiger partial charge in [-0.25, -0.2) is 19.6 Å². The van der Waals surface area contributed by atoms with E-state index in [0.29, 0.717) is 22.7 Å². The van der Waals surface area contributed by atoms with Crippen molar-refractivity contribution in [3.63, 3.8) is 0 Å². The van der Waals surface area contributed by atoms with Crippen molar-refractivity contribution in [2.24, 2.45) is 5.92 Å². The van der Waals surface area contributed by atoms with E-state index in [1.165, 1.54) is 6.33 Å². The first kappa shape index (κ1) is 50.6. The van der Waals surface area contributed by atoms with Crippen LogP contribution in [0.5, 0.6) is 11.5 Å². The van der Waals surface area contributed by atoms with E-state index < -0.39 is 47.2 Å². The molecule has 0 radical (unpaired) electrons. The minimum atomic E-state index is -2.71. The van der Waals surface area contributed by atoms with Gasteiger partial charge >= 0.3 is 0 Å². The number of hydrogen-bond acceptors (Lipinski definition) is 13. The molecule has 0 spiro atoms. The lowest BCUT2D eigenvalue weighted by Gasteiger charge is -2.44. The Morgan fingerprint density at radius 3 is 1.95 bits per heavy atom. The van der Waals surface area contributed by atoms with Gasteiger partial charge in [-0.1, -0.05) is 89.2 Å². The highest BCUT2D eigenvalue weighted by Crippen LogP contribution is 2.54. The van der Waals surface area contributed by atoms with Crippen LogP contribution >= 0.6 is 8.53 Å². The van der Waals surface area contributed by atoms with Gasteiger partial charge in [0.25, 0.3) is 8.53 Å². The van der Waals surface area contributed by atoms with Crippen LogP contribution in [0.4, 0.5) is 5.82 Å². The average Bonchev–Trinajstić information content (AvgIpc) is 3.86. The Morgan fingerprint density at radius 2 is 1.44 bits per heavy atom. The Bertz CT molecular complexity index is 2350. The van der Waals surface area contributed by atoms with Crippen LogP contribution in [0.1, 0.15) is 91.7 Å². The van der Waals surface area contributed by atoms with Gasteiger partial charge in [0.2, 0.25) is 5.91 Å². The fourth-order valence-electron chi connectivity index (χ4n) is 7.69. The number of hydrogen-bond donors (Lipinski definition) is 1. The molecule has 66 heavy (non-hydrogen) atoms. The number of rotatable bonds is 20. The maximum atomic E-state index is 13.0. The van der Waals surface area contributed by atoms with E-state index >= 15 is 0 Å². The molecule has 354 valence electrons. The lowest BCUT2D eigenvalue weighted by atomic mass is 9.79. The number of ether oxygens (including phenoxy) is 4. The van der Waals surface area contributed by atoms with Gasteiger partial charge in [-0.3, -0.25) is 13.9 Å². The number of nitrogens with one attached hydrogen (secondary N) is 1. The molecule has 1 N–H and O–H groups in total. The molecule has 5 aromatic rings. The highest BCUT2D eigenvalue weighted by Gasteiger charge is 2.57. The number of nitrogens with zero attached hydrogens (tertiary/aromatic N) is 6. The largest absolute Gasteiger partial charge is 0.497 e. The second-order valence-electron chi connectivity index (χ2n) is 18.7. The van der Waals surface area contributed by atoms with Crippen molar-refractivity contribution in [3.05, 3.63) is 108 Å². The molecule has 3 heterocycles. The van der Waals surface area contributed by atoms with Gasteiger partial charge in [-0.05, 0) is 86.8 Å². The van der Waals surface area contributed by atoms with Crippen LogP contribution in [-0.2, 0) is 33.3 Å². The SMILES string of the molecule is COc1ccc(C(O[C@@H]2[C@@H](OP(OCCC#N)N(C(C)C)C(C)C)O[C@@H](n3cnc4c(NC(=O)C(C)C)ncnc43)[C@@H]2O[Si](C)(C)C(C)(C)C)(c2ccccc2)c2ccc(OC)cc2)cc1. The number of carbonyl (C=O) groups is 1. The normalized spacial score (nSPS) is 18.6. The summed E-state index contributed by atoms with van der Waals surface area (Å²) in [5, 5.41) is 12.3. The van der Waals surface area contributed by atoms with Gasteiger partial charge < -0.3 is 33.2 Å². The zero-order valence-electron chi connectivity index (χ0n) is 40.5. The van der Waals surface area contributed by atoms with E-state index in [9.17, 15) is 10.1 Å². The van der Waals surface area contributed by atoms with Crippen LogP contribution in [0.3, 0.4) is 0 Å². The number of methoxy groups -OCH3 is 2. The number of amides is 1. The van der Waals surface area contributed by atoms with E-state index in [-0.39, 0.29) is 47.8 Å². The number of anilines is 1. The van der Waals surface area contributed by atoms with Crippen molar-refractivity contribution < 1.29 is 37.2 Å². The van der Waals surface area contributed by atoms with E-state index in [2.05, 4.69) is 82.6 Å². The fourth-order valence-corrected chi connectivity index (χ4v) is 10.6. The van der Waals surface area contributed by atoms with E-state index in [0.717, 1.165) is 16.7 Å². The fraction of sp³-hybridized carbons (Fsp3) is 0.490. The highest BCUT2D eigenvalue weighted by atomic mass is 31.2. The third-order valence-electron chi connectivity index (χ3n) is 12.1. The topological polar surface area (TPSA) is 164 Å². The van der Waals surface area contributed by atoms with Crippen LogP contribution in [0.15, 0.2) is 91.5 Å². The van der Waals surface area contributed by atoms with E-state index in [1.54, 1.807) is 20.5 Å². The Hall–Kier alpha value is -4.82. The smallest absolute Gasteiger partial charge is 0.261 e. The molecular formula is C49H66N7O8PSi. The predicted octanol–water partition coefficient (Wildman–Crippen LogP) is 10.4. The standard InChI is InChI=1S/C49H66N7O8PSi/c1-32(2)45(57)54-43-40-44(52-30-51-43)55(31-53-40)46-41(64-66(12,13)48(7,8)9)42(47(61-46)63-65(60-29-17-28-50)56(33(3)4)34(5)6)62-49(35-18-15-14-16-19-35,36-20-24-38(58-10)25-21-36)37-22-26-39(59-11)27-23-37/h14-16,18-27,30-34,41-42,46-47H,17,29H2,1-13H3,(H,51,52,54,57)/t41-,42+,46-,47-,65?/m1/s1. The minimum Gasteiger partial charge on any atom is -0.497 e. The summed E-state index contributed by atoms with van der Waals surface area (Å²) in [5.74, 6) is 1.14. The van der Waals surface area contributed by atoms with Crippen LogP contribution in [-0.4, -0.2) is 89.8 Å². The van der Waals surface area contributed by atoms with Gasteiger partial charge in [0.1, 0.15) is 35.6 Å². The van der Waals surface area contributed by atoms with Crippen LogP contribution in [0.2, 0.25) is 18.1 Å². The number of imidazole rings is 1. The summed E-state index contributed by atoms with van der Waals surface area (Å²) < 4.78 is 51.9. The third kappa shape index (κ3) is 10.8. The lowest BCUT2D eigenvalue weighted by Crippen LogP contribution is -2.51. The number of carbonyl (C=O) groups excluding carboxylic acids is 1. The van der Waals surface area contributed by atoms with Crippen molar-refractivity contribution in [2.45, 2.75) is 129 Å². The van der Waals surface area contributed by atoms with Gasteiger partial charge in [-0.2, -0.15) is 5.26 Å². The van der Waals surface area contributed by atoms with Crippen LogP contribution in [0.25, 0.3) is 11.2 Å². The summed E-state index contributed by atoms with van der Waals surface area (Å²) in [5.41, 5.74) is 1.91. The van der Waals surface area contributed by atoms with E-state index in [1.807, 2.05) is 97.3 Å². The number of nitriles is 1. The number of benzene rings is 3. The number of fused-ring (bicyclic) bond motifs is 1. The monoisotopic (exact) mass is 939 g/mol. The molecule has 6 rings (SSSR count). The van der Waals surface area contributed by atoms with Crippen LogP contribution in [0, 0.1) is 17.2 Å². The molecular weight excluding hydrogens is 874 g/mol. The Morgan fingerprint density at radius 1 is 0.864 bits per heavy atom. The quantitative estimate of drug-likeness (QED) is 0.0340. The van der Waals surface area contributed by atoms with Gasteiger partial charge in [0, 0.05) is 18.0 Å². The highest BCUT2D eigenvalue weighted by molar-refractivity contribution is 7.44. The molecule has 3 aromatic carbocycles. The molecule has 5 atom stereocenters. The van der Waals surface area contributed by atoms with Crippen LogP contribution < -0.4 is 14.8 Å². The maximum Gasteiger partial charge on any atom is 0.261 e.